The zero-order valence-corrected chi connectivity index (χ0v) is 11.6. The highest BCUT2D eigenvalue weighted by Gasteiger charge is 2.17. The van der Waals surface area contributed by atoms with Gasteiger partial charge in [-0.1, -0.05) is 48.0 Å². The molecule has 19 heavy (non-hydrogen) atoms. The molecule has 0 amide bonds. The van der Waals surface area contributed by atoms with E-state index in [2.05, 4.69) is 0 Å². The first-order chi connectivity index (χ1) is 9.11. The zero-order chi connectivity index (χ0) is 13.8. The number of carbonyl (C=O) groups excluding carboxylic acids is 1. The van der Waals surface area contributed by atoms with Crippen LogP contribution in [0.1, 0.15) is 18.4 Å². The molecule has 2 rings (SSSR count). The van der Waals surface area contributed by atoms with Gasteiger partial charge in [-0.15, -0.1) is 0 Å². The molecule has 3 heteroatoms. The lowest BCUT2D eigenvalue weighted by Gasteiger charge is -2.12. The maximum absolute atomic E-state index is 11.6. The molecule has 2 aromatic rings. The third-order valence-corrected chi connectivity index (χ3v) is 3.30. The minimum atomic E-state index is -0.328. The Kier molecular flexibility index (Phi) is 4.23. The van der Waals surface area contributed by atoms with Gasteiger partial charge in [-0.05, 0) is 35.7 Å². The summed E-state index contributed by atoms with van der Waals surface area (Å²) >= 11 is 6.14. The lowest BCUT2D eigenvalue weighted by atomic mass is 9.96. The van der Waals surface area contributed by atoms with Crippen molar-refractivity contribution in [2.45, 2.75) is 12.8 Å². The number of halogens is 1. The van der Waals surface area contributed by atoms with Crippen LogP contribution >= 0.6 is 11.6 Å². The number of ether oxygens (including phenoxy) is 1. The topological polar surface area (TPSA) is 26.3 Å². The molecule has 0 aromatic heterocycles. The van der Waals surface area contributed by atoms with E-state index in [-0.39, 0.29) is 11.9 Å². The fourth-order valence-corrected chi connectivity index (χ4v) is 2.22. The molecule has 1 atom stereocenters. The Bertz CT molecular complexity index is 579. The van der Waals surface area contributed by atoms with E-state index in [1.165, 1.54) is 7.11 Å². The molecule has 98 valence electrons. The average molecular weight is 275 g/mol. The number of methoxy groups -OCH3 is 1. The fraction of sp³-hybridized carbons (Fsp3) is 0.188. The van der Waals surface area contributed by atoms with E-state index in [4.69, 9.17) is 16.3 Å². The van der Waals surface area contributed by atoms with Crippen LogP contribution in [0.2, 0.25) is 5.02 Å². The van der Waals surface area contributed by atoms with Crippen molar-refractivity contribution in [2.24, 2.45) is 0 Å². The van der Waals surface area contributed by atoms with E-state index in [1.54, 1.807) is 6.07 Å². The largest absolute Gasteiger partial charge is 0.469 e. The second-order valence-corrected chi connectivity index (χ2v) is 4.82. The van der Waals surface area contributed by atoms with Crippen LogP contribution in [-0.2, 0) is 9.53 Å². The summed E-state index contributed by atoms with van der Waals surface area (Å²) in [5.74, 6) is -0.590. The number of hydrogen-bond donors (Lipinski definition) is 0. The van der Waals surface area contributed by atoms with Crippen molar-refractivity contribution >= 4 is 17.6 Å². The Morgan fingerprint density at radius 2 is 1.79 bits per heavy atom. The van der Waals surface area contributed by atoms with Crippen molar-refractivity contribution in [3.05, 3.63) is 59.1 Å². The van der Waals surface area contributed by atoms with Crippen molar-refractivity contribution in [3.63, 3.8) is 0 Å². The molecule has 0 aliphatic rings. The van der Waals surface area contributed by atoms with Crippen molar-refractivity contribution < 1.29 is 9.53 Å². The van der Waals surface area contributed by atoms with Gasteiger partial charge in [-0.25, -0.2) is 0 Å². The van der Waals surface area contributed by atoms with Crippen LogP contribution in [0.3, 0.4) is 0 Å². The van der Waals surface area contributed by atoms with Gasteiger partial charge in [-0.3, -0.25) is 4.79 Å². The van der Waals surface area contributed by atoms with E-state index >= 15 is 0 Å². The first-order valence-corrected chi connectivity index (χ1v) is 6.43. The second kappa shape index (κ2) is 5.89. The molecule has 0 radical (unpaired) electrons. The van der Waals surface area contributed by atoms with Crippen molar-refractivity contribution in [1.29, 1.82) is 0 Å². The van der Waals surface area contributed by atoms with E-state index in [1.807, 2.05) is 49.4 Å². The Morgan fingerprint density at radius 1 is 1.11 bits per heavy atom. The Hall–Kier alpha value is -1.80. The predicted molar refractivity (Wildman–Crippen MR) is 77.3 cm³/mol. The molecule has 2 aromatic carbocycles. The maximum Gasteiger partial charge on any atom is 0.312 e. The van der Waals surface area contributed by atoms with Gasteiger partial charge < -0.3 is 4.74 Å². The van der Waals surface area contributed by atoms with Crippen molar-refractivity contribution in [2.75, 3.05) is 7.11 Å². The molecular formula is C16H15ClO2. The number of carbonyl (C=O) groups is 1. The van der Waals surface area contributed by atoms with Gasteiger partial charge in [0.25, 0.3) is 0 Å². The highest BCUT2D eigenvalue weighted by molar-refractivity contribution is 6.31. The predicted octanol–water partition coefficient (Wildman–Crippen LogP) is 4.28. The first-order valence-electron chi connectivity index (χ1n) is 6.05. The first kappa shape index (κ1) is 13.6. The molecule has 0 saturated carbocycles. The number of esters is 1. The molecule has 2 nitrogen and oxygen atoms in total. The number of rotatable bonds is 3. The summed E-state index contributed by atoms with van der Waals surface area (Å²) in [7, 11) is 1.39. The van der Waals surface area contributed by atoms with Crippen LogP contribution in [0.4, 0.5) is 0 Å². The summed E-state index contributed by atoms with van der Waals surface area (Å²) in [5, 5.41) is 0.618. The lowest BCUT2D eigenvalue weighted by Crippen LogP contribution is -2.10. The molecule has 0 aliphatic heterocycles. The molecule has 0 heterocycles. The van der Waals surface area contributed by atoms with Gasteiger partial charge in [0.15, 0.2) is 0 Å². The number of benzene rings is 2. The van der Waals surface area contributed by atoms with E-state index < -0.39 is 0 Å². The Labute approximate surface area is 118 Å². The smallest absolute Gasteiger partial charge is 0.312 e. The molecule has 0 spiro atoms. The molecule has 0 aliphatic carbocycles. The van der Waals surface area contributed by atoms with Crippen molar-refractivity contribution in [3.8, 4) is 11.1 Å². The highest BCUT2D eigenvalue weighted by atomic mass is 35.5. The van der Waals surface area contributed by atoms with Gasteiger partial charge in [0, 0.05) is 5.02 Å². The third kappa shape index (κ3) is 3.15. The van der Waals surface area contributed by atoms with Crippen LogP contribution in [0.5, 0.6) is 0 Å². The zero-order valence-electron chi connectivity index (χ0n) is 10.9. The van der Waals surface area contributed by atoms with E-state index in [0.717, 1.165) is 16.7 Å². The SMILES string of the molecule is COC(=O)[C@@H](C)c1cc(Cl)cc(-c2ccccc2)c1. The summed E-state index contributed by atoms with van der Waals surface area (Å²) in [6, 6.07) is 15.6. The second-order valence-electron chi connectivity index (χ2n) is 4.38. The average Bonchev–Trinajstić information content (AvgIpc) is 2.46. The normalized spacial score (nSPS) is 11.9. The van der Waals surface area contributed by atoms with Gasteiger partial charge >= 0.3 is 5.97 Å². The molecule has 0 saturated heterocycles. The summed E-state index contributed by atoms with van der Waals surface area (Å²) in [6.07, 6.45) is 0. The van der Waals surface area contributed by atoms with Crippen molar-refractivity contribution in [1.82, 2.24) is 0 Å². The molecule has 0 N–H and O–H groups in total. The molecule has 0 bridgehead atoms. The van der Waals surface area contributed by atoms with E-state index in [0.29, 0.717) is 5.02 Å². The Balaban J connectivity index is 2.43. The monoisotopic (exact) mass is 274 g/mol. The van der Waals surface area contributed by atoms with Crippen LogP contribution in [-0.4, -0.2) is 13.1 Å². The van der Waals surface area contributed by atoms with Crippen LogP contribution in [0.25, 0.3) is 11.1 Å². The third-order valence-electron chi connectivity index (χ3n) is 3.08. The summed E-state index contributed by atoms with van der Waals surface area (Å²) in [5.41, 5.74) is 2.93. The van der Waals surface area contributed by atoms with Crippen LogP contribution in [0.15, 0.2) is 48.5 Å². The van der Waals surface area contributed by atoms with Gasteiger partial charge in [-0.2, -0.15) is 0 Å². The van der Waals surface area contributed by atoms with Gasteiger partial charge in [0.05, 0.1) is 13.0 Å². The standard InChI is InChI=1S/C16H15ClO2/c1-11(16(18)19-2)13-8-14(10-15(17)9-13)12-6-4-3-5-7-12/h3-11H,1-2H3/t11-/m0/s1. The summed E-state index contributed by atoms with van der Waals surface area (Å²) < 4.78 is 4.77. The lowest BCUT2D eigenvalue weighted by molar-refractivity contribution is -0.141. The molecular weight excluding hydrogens is 260 g/mol. The minimum Gasteiger partial charge on any atom is -0.469 e. The quantitative estimate of drug-likeness (QED) is 0.781. The maximum atomic E-state index is 11.6. The van der Waals surface area contributed by atoms with E-state index in [9.17, 15) is 4.79 Å². The molecule has 0 unspecified atom stereocenters. The minimum absolute atomic E-state index is 0.263. The van der Waals surface area contributed by atoms with Crippen LogP contribution < -0.4 is 0 Å². The molecule has 0 fully saturated rings. The highest BCUT2D eigenvalue weighted by Crippen LogP contribution is 2.28. The summed E-state index contributed by atoms with van der Waals surface area (Å²) in [4.78, 5) is 11.6. The van der Waals surface area contributed by atoms with Gasteiger partial charge in [0.1, 0.15) is 0 Å². The Morgan fingerprint density at radius 3 is 2.42 bits per heavy atom. The fourth-order valence-electron chi connectivity index (χ4n) is 1.97. The van der Waals surface area contributed by atoms with Crippen LogP contribution in [0, 0.1) is 0 Å². The number of hydrogen-bond acceptors (Lipinski definition) is 2. The van der Waals surface area contributed by atoms with Gasteiger partial charge in [0.2, 0.25) is 0 Å². The summed E-state index contributed by atoms with van der Waals surface area (Å²) in [6.45, 7) is 1.81.